The molecule has 0 saturated heterocycles. The molecule has 0 aliphatic carbocycles. The van der Waals surface area contributed by atoms with Crippen LogP contribution >= 0.6 is 11.3 Å². The summed E-state index contributed by atoms with van der Waals surface area (Å²) in [6.45, 7) is 0.555. The van der Waals surface area contributed by atoms with E-state index in [0.29, 0.717) is 13.0 Å². The zero-order valence-corrected chi connectivity index (χ0v) is 12.8. The van der Waals surface area contributed by atoms with Gasteiger partial charge in [0.05, 0.1) is 6.10 Å². The zero-order valence-electron chi connectivity index (χ0n) is 12.0. The number of amides is 2. The van der Waals surface area contributed by atoms with Crippen LogP contribution in [0.5, 0.6) is 0 Å². The van der Waals surface area contributed by atoms with Gasteiger partial charge in [0.25, 0.3) is 0 Å². The average Bonchev–Trinajstić information content (AvgIpc) is 3.08. The molecule has 6 heteroatoms. The first kappa shape index (κ1) is 16.2. The van der Waals surface area contributed by atoms with Crippen molar-refractivity contribution >= 4 is 23.2 Å². The molecular weight excluding hydrogens is 300 g/mol. The minimum atomic E-state index is -0.687. The zero-order chi connectivity index (χ0) is 15.8. The Kier molecular flexibility index (Phi) is 6.12. The summed E-state index contributed by atoms with van der Waals surface area (Å²) in [5.74, 6) is -1.36. The van der Waals surface area contributed by atoms with Gasteiger partial charge in [-0.2, -0.15) is 11.3 Å². The molecule has 1 atom stereocenters. The number of rotatable bonds is 6. The Labute approximate surface area is 133 Å². The van der Waals surface area contributed by atoms with E-state index in [9.17, 15) is 14.7 Å². The normalized spacial score (nSPS) is 11.7. The Morgan fingerprint density at radius 3 is 2.50 bits per heavy atom. The van der Waals surface area contributed by atoms with Crippen molar-refractivity contribution in [3.8, 4) is 0 Å². The Morgan fingerprint density at radius 1 is 1.09 bits per heavy atom. The molecule has 2 aromatic rings. The first-order valence-electron chi connectivity index (χ1n) is 6.97. The van der Waals surface area contributed by atoms with Crippen LogP contribution in [0.15, 0.2) is 47.2 Å². The SMILES string of the molecule is O=C(NCCC(O)c1ccsc1)C(=O)NCc1ccccc1. The quantitative estimate of drug-likeness (QED) is 0.708. The second-order valence-electron chi connectivity index (χ2n) is 4.79. The van der Waals surface area contributed by atoms with Crippen molar-refractivity contribution in [3.63, 3.8) is 0 Å². The van der Waals surface area contributed by atoms with E-state index >= 15 is 0 Å². The Hall–Kier alpha value is -2.18. The fraction of sp³-hybridized carbons (Fsp3) is 0.250. The van der Waals surface area contributed by atoms with Crippen LogP contribution in [0.2, 0.25) is 0 Å². The molecule has 1 heterocycles. The topological polar surface area (TPSA) is 78.4 Å². The van der Waals surface area contributed by atoms with Gasteiger partial charge >= 0.3 is 11.8 Å². The van der Waals surface area contributed by atoms with Gasteiger partial charge in [-0.1, -0.05) is 30.3 Å². The van der Waals surface area contributed by atoms with Gasteiger partial charge in [0.2, 0.25) is 0 Å². The fourth-order valence-corrected chi connectivity index (χ4v) is 2.60. The van der Waals surface area contributed by atoms with Crippen LogP contribution in [0, 0.1) is 0 Å². The maximum absolute atomic E-state index is 11.6. The second kappa shape index (κ2) is 8.31. The Bertz CT molecular complexity index is 599. The van der Waals surface area contributed by atoms with Crippen LogP contribution in [0.4, 0.5) is 0 Å². The lowest BCUT2D eigenvalue weighted by Crippen LogP contribution is -2.40. The minimum Gasteiger partial charge on any atom is -0.388 e. The summed E-state index contributed by atoms with van der Waals surface area (Å²) in [6, 6.07) is 11.2. The molecule has 3 N–H and O–H groups in total. The number of hydrogen-bond acceptors (Lipinski definition) is 4. The third kappa shape index (κ3) is 4.98. The molecule has 0 saturated carbocycles. The smallest absolute Gasteiger partial charge is 0.309 e. The molecule has 1 aromatic carbocycles. The van der Waals surface area contributed by atoms with Gasteiger partial charge < -0.3 is 15.7 Å². The minimum absolute atomic E-state index is 0.245. The monoisotopic (exact) mass is 318 g/mol. The summed E-state index contributed by atoms with van der Waals surface area (Å²) in [7, 11) is 0. The van der Waals surface area contributed by atoms with E-state index in [1.807, 2.05) is 47.2 Å². The van der Waals surface area contributed by atoms with E-state index in [2.05, 4.69) is 10.6 Å². The number of carbonyl (C=O) groups excluding carboxylic acids is 2. The molecule has 2 amide bonds. The van der Waals surface area contributed by atoms with E-state index in [1.165, 1.54) is 11.3 Å². The molecule has 116 valence electrons. The van der Waals surface area contributed by atoms with Gasteiger partial charge in [-0.05, 0) is 34.4 Å². The van der Waals surface area contributed by atoms with Crippen LogP contribution in [0.3, 0.4) is 0 Å². The number of benzene rings is 1. The third-order valence-corrected chi connectivity index (χ3v) is 3.83. The largest absolute Gasteiger partial charge is 0.388 e. The predicted molar refractivity (Wildman–Crippen MR) is 85.2 cm³/mol. The van der Waals surface area contributed by atoms with Crippen molar-refractivity contribution in [3.05, 3.63) is 58.3 Å². The van der Waals surface area contributed by atoms with Crippen molar-refractivity contribution in [2.45, 2.75) is 19.1 Å². The lowest BCUT2D eigenvalue weighted by Gasteiger charge is -2.10. The highest BCUT2D eigenvalue weighted by atomic mass is 32.1. The lowest BCUT2D eigenvalue weighted by molar-refractivity contribution is -0.139. The standard InChI is InChI=1S/C16H18N2O3S/c19-14(13-7-9-22-11-13)6-8-17-15(20)16(21)18-10-12-4-2-1-3-5-12/h1-5,7,9,11,14,19H,6,8,10H2,(H,17,20)(H,18,21). The van der Waals surface area contributed by atoms with Crippen LogP contribution < -0.4 is 10.6 Å². The van der Waals surface area contributed by atoms with Crippen molar-refractivity contribution < 1.29 is 14.7 Å². The molecule has 1 unspecified atom stereocenters. The maximum atomic E-state index is 11.6. The number of carbonyl (C=O) groups is 2. The molecule has 5 nitrogen and oxygen atoms in total. The average molecular weight is 318 g/mol. The van der Waals surface area contributed by atoms with Crippen molar-refractivity contribution in [2.75, 3.05) is 6.54 Å². The van der Waals surface area contributed by atoms with Gasteiger partial charge in [-0.15, -0.1) is 0 Å². The molecule has 0 fully saturated rings. The predicted octanol–water partition coefficient (Wildman–Crippen LogP) is 1.60. The molecule has 0 radical (unpaired) electrons. The third-order valence-electron chi connectivity index (χ3n) is 3.13. The Morgan fingerprint density at radius 2 is 1.82 bits per heavy atom. The summed E-state index contributed by atoms with van der Waals surface area (Å²) >= 11 is 1.51. The number of hydrogen-bond donors (Lipinski definition) is 3. The van der Waals surface area contributed by atoms with Crippen molar-refractivity contribution in [2.24, 2.45) is 0 Å². The number of nitrogens with one attached hydrogen (secondary N) is 2. The summed E-state index contributed by atoms with van der Waals surface area (Å²) < 4.78 is 0. The highest BCUT2D eigenvalue weighted by Crippen LogP contribution is 2.18. The first-order chi connectivity index (χ1) is 10.7. The van der Waals surface area contributed by atoms with E-state index < -0.39 is 17.9 Å². The molecule has 22 heavy (non-hydrogen) atoms. The molecular formula is C16H18N2O3S. The van der Waals surface area contributed by atoms with E-state index in [4.69, 9.17) is 0 Å². The Balaban J connectivity index is 1.67. The summed E-state index contributed by atoms with van der Waals surface area (Å²) in [4.78, 5) is 23.3. The van der Waals surface area contributed by atoms with Crippen LogP contribution in [0.25, 0.3) is 0 Å². The van der Waals surface area contributed by atoms with Gasteiger partial charge in [0, 0.05) is 13.1 Å². The maximum Gasteiger partial charge on any atom is 0.309 e. The van der Waals surface area contributed by atoms with E-state index in [0.717, 1.165) is 11.1 Å². The summed E-state index contributed by atoms with van der Waals surface area (Å²) in [5.41, 5.74) is 1.75. The number of aliphatic hydroxyl groups excluding tert-OH is 1. The highest BCUT2D eigenvalue weighted by molar-refractivity contribution is 7.07. The molecule has 2 rings (SSSR count). The van der Waals surface area contributed by atoms with Crippen LogP contribution in [-0.4, -0.2) is 23.5 Å². The summed E-state index contributed by atoms with van der Waals surface area (Å²) in [6.07, 6.45) is -0.257. The van der Waals surface area contributed by atoms with E-state index in [-0.39, 0.29) is 6.54 Å². The second-order valence-corrected chi connectivity index (χ2v) is 5.57. The van der Waals surface area contributed by atoms with Gasteiger partial charge in [-0.3, -0.25) is 9.59 Å². The molecule has 0 spiro atoms. The number of aliphatic hydroxyl groups is 1. The van der Waals surface area contributed by atoms with Crippen LogP contribution in [0.1, 0.15) is 23.7 Å². The van der Waals surface area contributed by atoms with Gasteiger partial charge in [0.1, 0.15) is 0 Å². The van der Waals surface area contributed by atoms with Gasteiger partial charge in [0.15, 0.2) is 0 Å². The first-order valence-corrected chi connectivity index (χ1v) is 7.91. The molecule has 0 aliphatic rings. The van der Waals surface area contributed by atoms with Crippen LogP contribution in [-0.2, 0) is 16.1 Å². The molecule has 1 aromatic heterocycles. The lowest BCUT2D eigenvalue weighted by atomic mass is 10.1. The highest BCUT2D eigenvalue weighted by Gasteiger charge is 2.14. The fourth-order valence-electron chi connectivity index (χ4n) is 1.89. The van der Waals surface area contributed by atoms with Crippen molar-refractivity contribution in [1.29, 1.82) is 0 Å². The molecule has 0 aliphatic heterocycles. The van der Waals surface area contributed by atoms with Gasteiger partial charge in [-0.25, -0.2) is 0 Å². The summed E-state index contributed by atoms with van der Waals surface area (Å²) in [5, 5.41) is 18.7. The van der Waals surface area contributed by atoms with E-state index in [1.54, 1.807) is 0 Å². The number of thiophene rings is 1. The van der Waals surface area contributed by atoms with Crippen molar-refractivity contribution in [1.82, 2.24) is 10.6 Å². The molecule has 0 bridgehead atoms.